The van der Waals surface area contributed by atoms with Gasteiger partial charge in [0, 0.05) is 26.6 Å². The van der Waals surface area contributed by atoms with Crippen molar-refractivity contribution in [2.75, 3.05) is 19.7 Å². The lowest BCUT2D eigenvalue weighted by Crippen LogP contribution is -2.46. The van der Waals surface area contributed by atoms with Crippen LogP contribution in [0.5, 0.6) is 0 Å². The predicted molar refractivity (Wildman–Crippen MR) is 126 cm³/mol. The third kappa shape index (κ3) is 5.04. The zero-order chi connectivity index (χ0) is 24.3. The first-order chi connectivity index (χ1) is 16.3. The van der Waals surface area contributed by atoms with Crippen LogP contribution in [0.15, 0.2) is 51.7 Å². The number of hydrogen-bond acceptors (Lipinski definition) is 7. The van der Waals surface area contributed by atoms with Crippen LogP contribution in [0.2, 0.25) is 0 Å². The van der Waals surface area contributed by atoms with Gasteiger partial charge in [0.1, 0.15) is 17.7 Å². The number of nitriles is 1. The third-order valence-electron chi connectivity index (χ3n) is 6.28. The number of benzene rings is 2. The molecule has 3 N–H and O–H groups in total. The van der Waals surface area contributed by atoms with Crippen molar-refractivity contribution in [3.8, 4) is 17.2 Å². The number of fused-ring (bicyclic) bond motifs is 1. The molecule has 1 aromatic heterocycles. The van der Waals surface area contributed by atoms with Gasteiger partial charge in [0.2, 0.25) is 0 Å². The summed E-state index contributed by atoms with van der Waals surface area (Å²) in [6, 6.07) is 14.7. The number of aryl methyl sites for hydroxylation is 1. The minimum absolute atomic E-state index is 0.0615. The Hall–Kier alpha value is -3.45. The molecule has 2 aromatic carbocycles. The fraction of sp³-hybridized carbons (Fsp3) is 0.400. The molecular formula is C25H28N4O5. The van der Waals surface area contributed by atoms with Gasteiger partial charge in [0.15, 0.2) is 5.58 Å². The maximum absolute atomic E-state index is 12.6. The lowest BCUT2D eigenvalue weighted by Gasteiger charge is -2.24. The molecule has 0 saturated carbocycles. The van der Waals surface area contributed by atoms with Crippen molar-refractivity contribution in [1.29, 1.82) is 5.26 Å². The summed E-state index contributed by atoms with van der Waals surface area (Å²) in [6.07, 6.45) is 0.0865. The van der Waals surface area contributed by atoms with Gasteiger partial charge in [-0.1, -0.05) is 37.3 Å². The molecule has 4 rings (SSSR count). The summed E-state index contributed by atoms with van der Waals surface area (Å²) < 4.78 is 12.3. The van der Waals surface area contributed by atoms with Gasteiger partial charge in [-0.3, -0.25) is 9.36 Å². The van der Waals surface area contributed by atoms with E-state index in [4.69, 9.17) is 9.15 Å². The monoisotopic (exact) mass is 464 g/mol. The van der Waals surface area contributed by atoms with Crippen LogP contribution in [0.4, 0.5) is 0 Å². The van der Waals surface area contributed by atoms with E-state index in [-0.39, 0.29) is 19.1 Å². The van der Waals surface area contributed by atoms with Gasteiger partial charge in [-0.2, -0.15) is 5.26 Å². The number of hydrogen-bond donors (Lipinski definition) is 3. The zero-order valence-electron chi connectivity index (χ0n) is 19.2. The van der Waals surface area contributed by atoms with Crippen molar-refractivity contribution in [3.05, 3.63) is 58.6 Å². The normalized spacial score (nSPS) is 21.5. The summed E-state index contributed by atoms with van der Waals surface area (Å²) in [5.41, 5.74) is 3.04. The van der Waals surface area contributed by atoms with Crippen LogP contribution >= 0.6 is 0 Å². The van der Waals surface area contributed by atoms with Crippen LogP contribution < -0.4 is 16.4 Å². The quantitative estimate of drug-likeness (QED) is 0.504. The predicted octanol–water partition coefficient (Wildman–Crippen LogP) is 1.48. The summed E-state index contributed by atoms with van der Waals surface area (Å²) >= 11 is 0. The molecule has 0 unspecified atom stereocenters. The first-order valence-electron chi connectivity index (χ1n) is 11.3. The van der Waals surface area contributed by atoms with Crippen molar-refractivity contribution in [1.82, 2.24) is 15.2 Å². The van der Waals surface area contributed by atoms with Crippen molar-refractivity contribution in [2.24, 2.45) is 7.05 Å². The van der Waals surface area contributed by atoms with Crippen molar-refractivity contribution < 1.29 is 19.1 Å². The Labute approximate surface area is 196 Å². The molecule has 1 saturated heterocycles. The number of ether oxygens (including phenoxy) is 1. The molecule has 3 atom stereocenters. The average molecular weight is 465 g/mol. The van der Waals surface area contributed by atoms with Crippen LogP contribution in [-0.2, 0) is 23.0 Å². The molecule has 34 heavy (non-hydrogen) atoms. The highest BCUT2D eigenvalue weighted by atomic mass is 16.5. The molecule has 1 amide bonds. The van der Waals surface area contributed by atoms with Crippen LogP contribution in [0, 0.1) is 11.3 Å². The zero-order valence-corrected chi connectivity index (χ0v) is 19.2. The molecule has 3 aromatic rings. The van der Waals surface area contributed by atoms with E-state index in [9.17, 15) is 20.0 Å². The molecule has 0 radical (unpaired) electrons. The number of rotatable bonds is 6. The fourth-order valence-electron chi connectivity index (χ4n) is 3.97. The maximum atomic E-state index is 12.6. The molecule has 9 nitrogen and oxygen atoms in total. The molecule has 178 valence electrons. The molecule has 0 bridgehead atoms. The first kappa shape index (κ1) is 23.7. The lowest BCUT2D eigenvalue weighted by molar-refractivity contribution is -0.135. The number of aromatic nitrogens is 1. The number of β-amino-alcohol motifs (C(OH)–C–C–N with tert-alkyl or cyclic N) is 1. The summed E-state index contributed by atoms with van der Waals surface area (Å²) in [7, 11) is 1.66. The topological polar surface area (TPSA) is 130 Å². The number of amides is 1. The molecule has 0 spiro atoms. The summed E-state index contributed by atoms with van der Waals surface area (Å²) in [5, 5.41) is 25.7. The van der Waals surface area contributed by atoms with E-state index in [2.05, 4.69) is 16.7 Å². The SMILES string of the molecule is CC[C@]1(O)CNC[C@@H](C(=O)N[C@H](C#N)Cc2ccc(-c3ccc4oc(=O)n(C)c4c3)cc2)OC1. The number of aliphatic hydroxyl groups is 1. The molecule has 2 heterocycles. The number of oxazole rings is 1. The van der Waals surface area contributed by atoms with E-state index < -0.39 is 23.5 Å². The number of nitrogens with zero attached hydrogens (tertiary/aromatic N) is 2. The van der Waals surface area contributed by atoms with Crippen molar-refractivity contribution >= 4 is 17.0 Å². The molecule has 1 aliphatic rings. The fourth-order valence-corrected chi connectivity index (χ4v) is 3.97. The van der Waals surface area contributed by atoms with E-state index in [1.807, 2.05) is 43.3 Å². The molecule has 9 heteroatoms. The smallest absolute Gasteiger partial charge is 0.408 e. The number of carbonyl (C=O) groups excluding carboxylic acids is 1. The minimum atomic E-state index is -0.998. The Kier molecular flexibility index (Phi) is 6.84. The van der Waals surface area contributed by atoms with E-state index in [1.165, 1.54) is 4.57 Å². The largest absolute Gasteiger partial charge is 0.419 e. The highest BCUT2D eigenvalue weighted by Crippen LogP contribution is 2.24. The highest BCUT2D eigenvalue weighted by molar-refractivity contribution is 5.82. The Bertz CT molecular complexity index is 1270. The second kappa shape index (κ2) is 9.81. The maximum Gasteiger partial charge on any atom is 0.419 e. The molecule has 0 aliphatic carbocycles. The van der Waals surface area contributed by atoms with E-state index in [0.717, 1.165) is 16.7 Å². The second-order valence-corrected chi connectivity index (χ2v) is 8.71. The van der Waals surface area contributed by atoms with Crippen LogP contribution in [-0.4, -0.2) is 53.0 Å². The van der Waals surface area contributed by atoms with Crippen LogP contribution in [0.25, 0.3) is 22.2 Å². The Balaban J connectivity index is 1.40. The van der Waals surface area contributed by atoms with Gasteiger partial charge in [-0.05, 0) is 35.2 Å². The Morgan fingerprint density at radius 2 is 2.06 bits per heavy atom. The van der Waals surface area contributed by atoms with Gasteiger partial charge in [-0.15, -0.1) is 0 Å². The summed E-state index contributed by atoms with van der Waals surface area (Å²) in [5.74, 6) is -0.784. The van der Waals surface area contributed by atoms with Gasteiger partial charge >= 0.3 is 5.76 Å². The van der Waals surface area contributed by atoms with E-state index >= 15 is 0 Å². The summed E-state index contributed by atoms with van der Waals surface area (Å²) in [4.78, 5) is 24.4. The molecule has 1 fully saturated rings. The standard InChI is InChI=1S/C25H28N4O5/c1-3-25(32)14-27-13-22(33-15-25)23(30)28-19(12-26)10-16-4-6-17(7-5-16)18-8-9-21-20(11-18)29(2)24(31)34-21/h4-9,11,19,22,27,32H,3,10,13-15H2,1-2H3,(H,28,30)/t19-,22-,25-/m0/s1. The average Bonchev–Trinajstić information content (AvgIpc) is 3.00. The molecular weight excluding hydrogens is 436 g/mol. The van der Waals surface area contributed by atoms with Gasteiger partial charge in [-0.25, -0.2) is 4.79 Å². The second-order valence-electron chi connectivity index (χ2n) is 8.71. The van der Waals surface area contributed by atoms with Crippen LogP contribution in [0.3, 0.4) is 0 Å². The van der Waals surface area contributed by atoms with E-state index in [0.29, 0.717) is 30.5 Å². The highest BCUT2D eigenvalue weighted by Gasteiger charge is 2.33. The van der Waals surface area contributed by atoms with Gasteiger partial charge in [0.05, 0.1) is 18.2 Å². The number of nitrogens with one attached hydrogen (secondary N) is 2. The van der Waals surface area contributed by atoms with Crippen molar-refractivity contribution in [3.63, 3.8) is 0 Å². The van der Waals surface area contributed by atoms with Crippen LogP contribution in [0.1, 0.15) is 18.9 Å². The Morgan fingerprint density at radius 3 is 2.76 bits per heavy atom. The first-order valence-corrected chi connectivity index (χ1v) is 11.3. The number of carbonyl (C=O) groups is 1. The third-order valence-corrected chi connectivity index (χ3v) is 6.28. The van der Waals surface area contributed by atoms with Gasteiger partial charge in [0.25, 0.3) is 5.91 Å². The summed E-state index contributed by atoms with van der Waals surface area (Å²) in [6.45, 7) is 2.55. The van der Waals surface area contributed by atoms with E-state index in [1.54, 1.807) is 13.1 Å². The van der Waals surface area contributed by atoms with Crippen molar-refractivity contribution in [2.45, 2.75) is 37.5 Å². The van der Waals surface area contributed by atoms with Gasteiger partial charge < -0.3 is 24.9 Å². The molecule has 1 aliphatic heterocycles. The minimum Gasteiger partial charge on any atom is -0.408 e. The lowest BCUT2D eigenvalue weighted by atomic mass is 10.0. The Morgan fingerprint density at radius 1 is 1.32 bits per heavy atom.